The van der Waals surface area contributed by atoms with Gasteiger partial charge in [0.25, 0.3) is 0 Å². The molecule has 0 bridgehead atoms. The van der Waals surface area contributed by atoms with Gasteiger partial charge in [0.05, 0.1) is 5.69 Å². The topological polar surface area (TPSA) is 99.2 Å². The third kappa shape index (κ3) is 4.56. The number of hydrogen-bond donors (Lipinski definition) is 1. The Balaban J connectivity index is 1.41. The van der Waals surface area contributed by atoms with E-state index in [-0.39, 0.29) is 0 Å². The highest BCUT2D eigenvalue weighted by molar-refractivity contribution is 5.80. The molecule has 3 heterocycles. The highest BCUT2D eigenvalue weighted by Gasteiger charge is 2.13. The van der Waals surface area contributed by atoms with Gasteiger partial charge in [-0.3, -0.25) is 0 Å². The van der Waals surface area contributed by atoms with Crippen molar-refractivity contribution in [2.24, 2.45) is 0 Å². The van der Waals surface area contributed by atoms with Crippen LogP contribution >= 0.6 is 0 Å². The molecule has 0 saturated heterocycles. The second kappa shape index (κ2) is 9.66. The van der Waals surface area contributed by atoms with Gasteiger partial charge in [-0.15, -0.1) is 10.2 Å². The van der Waals surface area contributed by atoms with Crippen LogP contribution in [-0.2, 0) is 13.0 Å². The highest BCUT2D eigenvalue weighted by atomic mass is 16.5. The van der Waals surface area contributed by atoms with Gasteiger partial charge in [-0.25, -0.2) is 4.98 Å². The molecule has 0 fully saturated rings. The third-order valence-corrected chi connectivity index (χ3v) is 5.84. The van der Waals surface area contributed by atoms with E-state index in [1.54, 1.807) is 12.1 Å². The first kappa shape index (κ1) is 21.5. The van der Waals surface area contributed by atoms with Gasteiger partial charge in [0.1, 0.15) is 5.82 Å². The van der Waals surface area contributed by atoms with E-state index in [0.717, 1.165) is 64.3 Å². The van der Waals surface area contributed by atoms with Crippen LogP contribution in [0, 0.1) is 5.21 Å². The van der Waals surface area contributed by atoms with E-state index in [1.165, 1.54) is 18.0 Å². The summed E-state index contributed by atoms with van der Waals surface area (Å²) in [5.41, 5.74) is 6.11. The van der Waals surface area contributed by atoms with E-state index in [1.807, 2.05) is 18.2 Å². The van der Waals surface area contributed by atoms with Gasteiger partial charge in [0, 0.05) is 42.4 Å². The van der Waals surface area contributed by atoms with Crippen LogP contribution in [0.5, 0.6) is 0 Å². The maximum absolute atomic E-state index is 11.4. The summed E-state index contributed by atoms with van der Waals surface area (Å²) in [6, 6.07) is 20.2. The summed E-state index contributed by atoms with van der Waals surface area (Å²) in [6.45, 7) is 2.91. The minimum Gasteiger partial charge on any atom is -0.619 e. The second-order valence-electron chi connectivity index (χ2n) is 8.20. The lowest BCUT2D eigenvalue weighted by Gasteiger charge is -2.10. The Kier molecular flexibility index (Phi) is 6.11. The molecule has 0 amide bonds. The van der Waals surface area contributed by atoms with E-state index in [2.05, 4.69) is 68.6 Å². The van der Waals surface area contributed by atoms with Crippen molar-refractivity contribution in [3.8, 4) is 33.8 Å². The molecule has 5 aromatic rings. The van der Waals surface area contributed by atoms with Crippen LogP contribution in [0.2, 0.25) is 0 Å². The third-order valence-electron chi connectivity index (χ3n) is 5.84. The smallest absolute Gasteiger partial charge is 0.205 e. The Morgan fingerprint density at radius 3 is 2.41 bits per heavy atom. The van der Waals surface area contributed by atoms with Gasteiger partial charge in [-0.05, 0) is 28.3 Å². The Labute approximate surface area is 197 Å². The summed E-state index contributed by atoms with van der Waals surface area (Å²) in [7, 11) is 0. The molecule has 8 heteroatoms. The molecule has 0 aliphatic rings. The molecule has 5 rings (SSSR count). The number of tetrazole rings is 1. The molecule has 8 nitrogen and oxygen atoms in total. The van der Waals surface area contributed by atoms with Crippen molar-refractivity contribution in [2.75, 3.05) is 0 Å². The lowest BCUT2D eigenvalue weighted by atomic mass is 9.98. The van der Waals surface area contributed by atoms with Crippen LogP contribution in [0.1, 0.15) is 31.2 Å². The van der Waals surface area contributed by atoms with E-state index < -0.39 is 0 Å². The van der Waals surface area contributed by atoms with Crippen molar-refractivity contribution in [2.45, 2.75) is 32.7 Å². The lowest BCUT2D eigenvalue weighted by Crippen LogP contribution is -2.23. The monoisotopic (exact) mass is 451 g/mol. The van der Waals surface area contributed by atoms with E-state index in [0.29, 0.717) is 5.82 Å². The second-order valence-corrected chi connectivity index (χ2v) is 8.20. The van der Waals surface area contributed by atoms with Crippen LogP contribution in [-0.4, -0.2) is 30.2 Å². The number of benzene rings is 2. The molecular weight excluding hydrogens is 426 g/mol. The molecule has 0 saturated carbocycles. The molecule has 1 N–H and O–H groups in total. The largest absolute Gasteiger partial charge is 0.619 e. The molecule has 0 radical (unpaired) electrons. The summed E-state index contributed by atoms with van der Waals surface area (Å²) in [5, 5.41) is 25.9. The number of rotatable bonds is 8. The molecule has 0 spiro atoms. The predicted octanol–water partition coefficient (Wildman–Crippen LogP) is 4.42. The lowest BCUT2D eigenvalue weighted by molar-refractivity contribution is -0.605. The average molecular weight is 452 g/mol. The van der Waals surface area contributed by atoms with Crippen LogP contribution in [0.25, 0.3) is 33.8 Å². The number of hydrogen-bond acceptors (Lipinski definition) is 5. The highest BCUT2D eigenvalue weighted by Crippen LogP contribution is 2.30. The van der Waals surface area contributed by atoms with Crippen molar-refractivity contribution in [3.05, 3.63) is 95.8 Å². The van der Waals surface area contributed by atoms with Gasteiger partial charge in [0.15, 0.2) is 12.4 Å². The number of aromatic nitrogens is 7. The average Bonchev–Trinajstić information content (AvgIpc) is 3.54. The summed E-state index contributed by atoms with van der Waals surface area (Å²) >= 11 is 0. The minimum absolute atomic E-state index is 0.578. The summed E-state index contributed by atoms with van der Waals surface area (Å²) < 4.78 is 3.00. The van der Waals surface area contributed by atoms with Gasteiger partial charge < -0.3 is 9.77 Å². The number of aryl methyl sites for hydroxylation is 1. The fourth-order valence-corrected chi connectivity index (χ4v) is 4.04. The van der Waals surface area contributed by atoms with Gasteiger partial charge in [0.2, 0.25) is 5.82 Å². The molecule has 2 aromatic carbocycles. The Morgan fingerprint density at radius 1 is 0.941 bits per heavy atom. The minimum atomic E-state index is 0.578. The first-order chi connectivity index (χ1) is 16.7. The summed E-state index contributed by atoms with van der Waals surface area (Å²) in [6.07, 6.45) is 8.20. The Hall–Kier alpha value is -4.33. The molecule has 0 aliphatic carbocycles. The number of aromatic amines is 1. The zero-order chi connectivity index (χ0) is 23.3. The van der Waals surface area contributed by atoms with Crippen molar-refractivity contribution >= 4 is 0 Å². The van der Waals surface area contributed by atoms with E-state index in [4.69, 9.17) is 4.98 Å². The Morgan fingerprint density at radius 2 is 1.71 bits per heavy atom. The number of H-pyrrole nitrogens is 1. The zero-order valence-electron chi connectivity index (χ0n) is 18.9. The quantitative estimate of drug-likeness (QED) is 0.278. The molecular formula is C26H25N7O. The standard InChI is InChI=1S/C26H25N7O/c1-2-3-8-25-27-24(21-13-15-33(34)16-14-21)18-32(25)17-19-9-11-20(12-10-19)22-6-4-5-7-23(22)26-28-30-31-29-26/h4-7,9-16,18H,2-3,8,17H2,1H3,(H,28,29,30,31). The number of imidazole rings is 1. The summed E-state index contributed by atoms with van der Waals surface area (Å²) in [5.74, 6) is 1.64. The van der Waals surface area contributed by atoms with Crippen molar-refractivity contribution in [3.63, 3.8) is 0 Å². The van der Waals surface area contributed by atoms with Crippen LogP contribution in [0.4, 0.5) is 0 Å². The van der Waals surface area contributed by atoms with Crippen LogP contribution in [0.15, 0.2) is 79.3 Å². The molecule has 0 atom stereocenters. The fraction of sp³-hybridized carbons (Fsp3) is 0.192. The molecule has 0 unspecified atom stereocenters. The SMILES string of the molecule is CCCCc1nc(-c2cc[n+]([O-])cc2)cn1Cc1ccc(-c2ccccc2-c2nn[nH]n2)cc1. The number of pyridine rings is 1. The van der Waals surface area contributed by atoms with E-state index >= 15 is 0 Å². The molecule has 170 valence electrons. The van der Waals surface area contributed by atoms with E-state index in [9.17, 15) is 5.21 Å². The van der Waals surface area contributed by atoms with Crippen LogP contribution in [0.3, 0.4) is 0 Å². The summed E-state index contributed by atoms with van der Waals surface area (Å²) in [4.78, 5) is 4.88. The molecule has 0 aliphatic heterocycles. The van der Waals surface area contributed by atoms with Gasteiger partial charge in [-0.2, -0.15) is 9.94 Å². The maximum atomic E-state index is 11.4. The molecule has 3 aromatic heterocycles. The first-order valence-corrected chi connectivity index (χ1v) is 11.4. The normalized spacial score (nSPS) is 11.1. The first-order valence-electron chi connectivity index (χ1n) is 11.4. The van der Waals surface area contributed by atoms with Crippen LogP contribution < -0.4 is 4.73 Å². The van der Waals surface area contributed by atoms with Gasteiger partial charge >= 0.3 is 0 Å². The van der Waals surface area contributed by atoms with Gasteiger partial charge in [-0.1, -0.05) is 61.9 Å². The molecule has 34 heavy (non-hydrogen) atoms. The number of unbranched alkanes of at least 4 members (excludes halogenated alkanes) is 1. The maximum Gasteiger partial charge on any atom is 0.205 e. The fourth-order valence-electron chi connectivity index (χ4n) is 4.04. The Bertz CT molecular complexity index is 1360. The van der Waals surface area contributed by atoms with Crippen molar-refractivity contribution < 1.29 is 4.73 Å². The van der Waals surface area contributed by atoms with Crippen molar-refractivity contribution in [1.29, 1.82) is 0 Å². The van der Waals surface area contributed by atoms with Crippen molar-refractivity contribution in [1.82, 2.24) is 30.2 Å². The predicted molar refractivity (Wildman–Crippen MR) is 129 cm³/mol. The zero-order valence-corrected chi connectivity index (χ0v) is 18.9. The number of nitrogens with one attached hydrogen (secondary N) is 1. The number of nitrogens with zero attached hydrogens (tertiary/aromatic N) is 6.